The van der Waals surface area contributed by atoms with Gasteiger partial charge in [-0.15, -0.1) is 0 Å². The summed E-state index contributed by atoms with van der Waals surface area (Å²) in [6.45, 7) is 6.63. The number of aromatic nitrogens is 2. The maximum atomic E-state index is 12.5. The first kappa shape index (κ1) is 20.9. The highest BCUT2D eigenvalue weighted by Crippen LogP contribution is 2.17. The van der Waals surface area contributed by atoms with Crippen LogP contribution in [-0.2, 0) is 14.3 Å². The van der Waals surface area contributed by atoms with Crippen LogP contribution in [0.25, 0.3) is 11.0 Å². The zero-order valence-corrected chi connectivity index (χ0v) is 17.1. The average Bonchev–Trinajstić information content (AvgIpc) is 2.69. The van der Waals surface area contributed by atoms with E-state index in [0.29, 0.717) is 28.0 Å². The Kier molecular flexibility index (Phi) is 6.06. The van der Waals surface area contributed by atoms with Crippen LogP contribution in [0.5, 0.6) is 0 Å². The highest BCUT2D eigenvalue weighted by atomic mass is 16.5. The van der Waals surface area contributed by atoms with Crippen molar-refractivity contribution in [3.63, 3.8) is 0 Å². The van der Waals surface area contributed by atoms with Gasteiger partial charge in [-0.1, -0.05) is 0 Å². The standard InChI is InChI=1S/C22H22N4O4/c1-12-13(2)24-20-11-16(5-10-19(20)23-12)22(29)30-14(3)21(28)26-18-8-6-17(7-9-18)25-15(4)27/h5-11,14H,1-4H3,(H,25,27)(H,26,28)/t14-/m1/s1. The molecule has 1 aromatic heterocycles. The number of ether oxygens (including phenoxy) is 1. The molecule has 2 N–H and O–H groups in total. The number of hydrogen-bond donors (Lipinski definition) is 2. The van der Waals surface area contributed by atoms with E-state index in [2.05, 4.69) is 20.6 Å². The van der Waals surface area contributed by atoms with Crippen LogP contribution in [0.4, 0.5) is 11.4 Å². The van der Waals surface area contributed by atoms with Crippen molar-refractivity contribution < 1.29 is 19.1 Å². The van der Waals surface area contributed by atoms with Crippen molar-refractivity contribution in [2.75, 3.05) is 10.6 Å². The maximum Gasteiger partial charge on any atom is 0.338 e. The van der Waals surface area contributed by atoms with E-state index in [4.69, 9.17) is 4.74 Å². The number of nitrogens with zero attached hydrogens (tertiary/aromatic N) is 2. The molecule has 0 aliphatic heterocycles. The van der Waals surface area contributed by atoms with Gasteiger partial charge in [0.15, 0.2) is 6.10 Å². The van der Waals surface area contributed by atoms with Crippen molar-refractivity contribution in [3.05, 3.63) is 59.4 Å². The van der Waals surface area contributed by atoms with Gasteiger partial charge in [-0.3, -0.25) is 9.59 Å². The van der Waals surface area contributed by atoms with Gasteiger partial charge in [0, 0.05) is 18.3 Å². The first-order valence-corrected chi connectivity index (χ1v) is 9.37. The third kappa shape index (κ3) is 4.96. The van der Waals surface area contributed by atoms with Crippen molar-refractivity contribution in [1.82, 2.24) is 9.97 Å². The molecule has 2 amide bonds. The lowest BCUT2D eigenvalue weighted by Crippen LogP contribution is -2.30. The topological polar surface area (TPSA) is 110 Å². The third-order valence-electron chi connectivity index (χ3n) is 4.44. The number of hydrogen-bond acceptors (Lipinski definition) is 6. The summed E-state index contributed by atoms with van der Waals surface area (Å²) in [5.74, 6) is -1.28. The van der Waals surface area contributed by atoms with Gasteiger partial charge < -0.3 is 15.4 Å². The minimum atomic E-state index is -1.01. The quantitative estimate of drug-likeness (QED) is 0.629. The van der Waals surface area contributed by atoms with Gasteiger partial charge in [-0.25, -0.2) is 14.8 Å². The van der Waals surface area contributed by atoms with Crippen LogP contribution in [0.3, 0.4) is 0 Å². The van der Waals surface area contributed by atoms with E-state index >= 15 is 0 Å². The number of esters is 1. The average molecular weight is 406 g/mol. The van der Waals surface area contributed by atoms with Crippen molar-refractivity contribution >= 4 is 40.2 Å². The lowest BCUT2D eigenvalue weighted by Gasteiger charge is -2.14. The van der Waals surface area contributed by atoms with E-state index in [1.165, 1.54) is 13.8 Å². The Morgan fingerprint density at radius 1 is 0.867 bits per heavy atom. The molecule has 2 aromatic carbocycles. The molecule has 0 spiro atoms. The molecule has 0 aliphatic rings. The van der Waals surface area contributed by atoms with Crippen LogP contribution in [0.1, 0.15) is 35.6 Å². The predicted octanol–water partition coefficient (Wildman–Crippen LogP) is 3.39. The summed E-state index contributed by atoms with van der Waals surface area (Å²) >= 11 is 0. The van der Waals surface area contributed by atoms with Gasteiger partial charge in [0.25, 0.3) is 5.91 Å². The largest absolute Gasteiger partial charge is 0.449 e. The zero-order chi connectivity index (χ0) is 21.8. The Morgan fingerprint density at radius 3 is 2.03 bits per heavy atom. The molecule has 0 unspecified atom stereocenters. The van der Waals surface area contributed by atoms with E-state index in [1.54, 1.807) is 42.5 Å². The molecule has 1 atom stereocenters. The van der Waals surface area contributed by atoms with Gasteiger partial charge >= 0.3 is 5.97 Å². The van der Waals surface area contributed by atoms with Gasteiger partial charge in [-0.2, -0.15) is 0 Å². The summed E-state index contributed by atoms with van der Waals surface area (Å²) in [7, 11) is 0. The molecule has 30 heavy (non-hydrogen) atoms. The number of carbonyl (C=O) groups is 3. The highest BCUT2D eigenvalue weighted by molar-refractivity contribution is 5.98. The normalized spacial score (nSPS) is 11.6. The van der Waals surface area contributed by atoms with E-state index in [-0.39, 0.29) is 5.91 Å². The lowest BCUT2D eigenvalue weighted by atomic mass is 10.2. The smallest absolute Gasteiger partial charge is 0.338 e. The summed E-state index contributed by atoms with van der Waals surface area (Å²) in [5.41, 5.74) is 4.30. The second kappa shape index (κ2) is 8.69. The number of benzene rings is 2. The van der Waals surface area contributed by atoms with Crippen molar-refractivity contribution in [2.45, 2.75) is 33.8 Å². The van der Waals surface area contributed by atoms with Crippen LogP contribution in [-0.4, -0.2) is 33.9 Å². The fourth-order valence-corrected chi connectivity index (χ4v) is 2.72. The Morgan fingerprint density at radius 2 is 1.43 bits per heavy atom. The van der Waals surface area contributed by atoms with E-state index in [1.807, 2.05) is 13.8 Å². The van der Waals surface area contributed by atoms with Gasteiger partial charge in [0.1, 0.15) is 0 Å². The zero-order valence-electron chi connectivity index (χ0n) is 17.1. The van der Waals surface area contributed by atoms with Gasteiger partial charge in [-0.05, 0) is 63.2 Å². The number of carbonyl (C=O) groups excluding carboxylic acids is 3. The molecule has 8 heteroatoms. The first-order valence-electron chi connectivity index (χ1n) is 9.37. The molecule has 0 saturated heterocycles. The molecule has 0 bridgehead atoms. The Bertz CT molecular complexity index is 1130. The molecule has 0 fully saturated rings. The van der Waals surface area contributed by atoms with Crippen molar-refractivity contribution in [1.29, 1.82) is 0 Å². The van der Waals surface area contributed by atoms with Crippen LogP contribution in [0.2, 0.25) is 0 Å². The van der Waals surface area contributed by atoms with Gasteiger partial charge in [0.05, 0.1) is 28.0 Å². The number of fused-ring (bicyclic) bond motifs is 1. The molecule has 1 heterocycles. The minimum absolute atomic E-state index is 0.183. The fraction of sp³-hybridized carbons (Fsp3) is 0.227. The summed E-state index contributed by atoms with van der Waals surface area (Å²) < 4.78 is 5.29. The Balaban J connectivity index is 1.64. The van der Waals surface area contributed by atoms with E-state index < -0.39 is 18.0 Å². The molecule has 3 rings (SSSR count). The van der Waals surface area contributed by atoms with Crippen LogP contribution >= 0.6 is 0 Å². The second-order valence-corrected chi connectivity index (χ2v) is 6.89. The minimum Gasteiger partial charge on any atom is -0.449 e. The second-order valence-electron chi connectivity index (χ2n) is 6.89. The first-order chi connectivity index (χ1) is 14.2. The summed E-state index contributed by atoms with van der Waals surface area (Å²) in [6, 6.07) is 11.5. The SMILES string of the molecule is CC(=O)Nc1ccc(NC(=O)[C@@H](C)OC(=O)c2ccc3nc(C)c(C)nc3c2)cc1. The molecule has 8 nitrogen and oxygen atoms in total. The summed E-state index contributed by atoms with van der Waals surface area (Å²) in [4.78, 5) is 44.7. The number of amides is 2. The van der Waals surface area contributed by atoms with Gasteiger partial charge in [0.2, 0.25) is 5.91 Å². The number of rotatable bonds is 5. The molecule has 0 saturated carbocycles. The maximum absolute atomic E-state index is 12.5. The predicted molar refractivity (Wildman–Crippen MR) is 113 cm³/mol. The summed E-state index contributed by atoms with van der Waals surface area (Å²) in [5, 5.41) is 5.31. The number of anilines is 2. The highest BCUT2D eigenvalue weighted by Gasteiger charge is 2.19. The van der Waals surface area contributed by atoms with Crippen molar-refractivity contribution in [3.8, 4) is 0 Å². The van der Waals surface area contributed by atoms with Crippen LogP contribution < -0.4 is 10.6 Å². The van der Waals surface area contributed by atoms with E-state index in [9.17, 15) is 14.4 Å². The molecule has 154 valence electrons. The molecule has 0 radical (unpaired) electrons. The number of aryl methyl sites for hydroxylation is 2. The molecular formula is C22H22N4O4. The Hall–Kier alpha value is -3.81. The van der Waals surface area contributed by atoms with Crippen LogP contribution in [0.15, 0.2) is 42.5 Å². The fourth-order valence-electron chi connectivity index (χ4n) is 2.72. The Labute approximate surface area is 173 Å². The van der Waals surface area contributed by atoms with Crippen LogP contribution in [0, 0.1) is 13.8 Å². The monoisotopic (exact) mass is 406 g/mol. The van der Waals surface area contributed by atoms with E-state index in [0.717, 1.165) is 11.4 Å². The lowest BCUT2D eigenvalue weighted by molar-refractivity contribution is -0.123. The molecule has 3 aromatic rings. The third-order valence-corrected chi connectivity index (χ3v) is 4.44. The summed E-state index contributed by atoms with van der Waals surface area (Å²) in [6.07, 6.45) is -1.01. The van der Waals surface area contributed by atoms with Crippen molar-refractivity contribution in [2.24, 2.45) is 0 Å². The molecule has 0 aliphatic carbocycles. The molecular weight excluding hydrogens is 384 g/mol. The number of nitrogens with one attached hydrogen (secondary N) is 2.